The Kier molecular flexibility index (Phi) is 3.14. The molecule has 0 spiro atoms. The van der Waals surface area contributed by atoms with Gasteiger partial charge < -0.3 is 14.8 Å². The van der Waals surface area contributed by atoms with Crippen molar-refractivity contribution in [2.75, 3.05) is 13.2 Å². The van der Waals surface area contributed by atoms with Gasteiger partial charge in [-0.2, -0.15) is 0 Å². The summed E-state index contributed by atoms with van der Waals surface area (Å²) in [6, 6.07) is 9.06. The summed E-state index contributed by atoms with van der Waals surface area (Å²) in [6.45, 7) is 5.72. The van der Waals surface area contributed by atoms with Crippen molar-refractivity contribution >= 4 is 0 Å². The molecule has 0 amide bonds. The summed E-state index contributed by atoms with van der Waals surface area (Å²) in [5.74, 6) is -0.457. The van der Waals surface area contributed by atoms with Crippen LogP contribution in [0.5, 0.6) is 0 Å². The Morgan fingerprint density at radius 1 is 1.22 bits per heavy atom. The first-order valence-electron chi connectivity index (χ1n) is 6.80. The summed E-state index contributed by atoms with van der Waals surface area (Å²) in [7, 11) is 0. The molecule has 2 aliphatic rings. The zero-order valence-corrected chi connectivity index (χ0v) is 11.1. The highest BCUT2D eigenvalue weighted by molar-refractivity contribution is 5.33. The van der Waals surface area contributed by atoms with E-state index in [1.807, 2.05) is 13.8 Å². The Morgan fingerprint density at radius 3 is 2.61 bits per heavy atom. The van der Waals surface area contributed by atoms with Gasteiger partial charge in [0.25, 0.3) is 0 Å². The molecule has 0 saturated carbocycles. The molecule has 98 valence electrons. The average molecular weight is 247 g/mol. The van der Waals surface area contributed by atoms with E-state index in [0.717, 1.165) is 6.54 Å². The van der Waals surface area contributed by atoms with Gasteiger partial charge in [0.2, 0.25) is 0 Å². The van der Waals surface area contributed by atoms with Crippen molar-refractivity contribution in [1.29, 1.82) is 0 Å². The second kappa shape index (κ2) is 4.65. The summed E-state index contributed by atoms with van der Waals surface area (Å²) in [5.41, 5.74) is 2.66. The normalized spacial score (nSPS) is 30.8. The molecule has 2 saturated heterocycles. The Balaban J connectivity index is 1.87. The lowest BCUT2D eigenvalue weighted by Crippen LogP contribution is -2.20. The molecule has 3 nitrogen and oxygen atoms in total. The van der Waals surface area contributed by atoms with Gasteiger partial charge in [-0.25, -0.2) is 0 Å². The largest absolute Gasteiger partial charge is 0.347 e. The van der Waals surface area contributed by atoms with Crippen molar-refractivity contribution in [2.24, 2.45) is 0 Å². The molecule has 0 aromatic heterocycles. The van der Waals surface area contributed by atoms with Crippen LogP contribution in [0.25, 0.3) is 0 Å². The Hall–Kier alpha value is -0.900. The molecule has 0 aliphatic carbocycles. The molecule has 2 fully saturated rings. The zero-order valence-electron chi connectivity index (χ0n) is 11.1. The van der Waals surface area contributed by atoms with Crippen LogP contribution in [0.2, 0.25) is 0 Å². The Labute approximate surface area is 108 Å². The van der Waals surface area contributed by atoms with Gasteiger partial charge in [-0.3, -0.25) is 0 Å². The number of rotatable bonds is 2. The maximum absolute atomic E-state index is 5.99. The van der Waals surface area contributed by atoms with Gasteiger partial charge in [0, 0.05) is 6.04 Å². The molecule has 1 aromatic rings. The average Bonchev–Trinajstić information content (AvgIpc) is 2.98. The van der Waals surface area contributed by atoms with E-state index in [2.05, 4.69) is 29.6 Å². The van der Waals surface area contributed by atoms with Gasteiger partial charge in [-0.1, -0.05) is 24.3 Å². The van der Waals surface area contributed by atoms with Gasteiger partial charge in [0.15, 0.2) is 5.79 Å². The molecule has 2 unspecified atom stereocenters. The lowest BCUT2D eigenvalue weighted by molar-refractivity contribution is -0.139. The van der Waals surface area contributed by atoms with E-state index in [-0.39, 0.29) is 6.10 Å². The fourth-order valence-electron chi connectivity index (χ4n) is 2.91. The highest BCUT2D eigenvalue weighted by Crippen LogP contribution is 2.37. The molecule has 18 heavy (non-hydrogen) atoms. The smallest absolute Gasteiger partial charge is 0.163 e. The number of hydrogen-bond donors (Lipinski definition) is 1. The minimum atomic E-state index is -0.457. The molecule has 0 bridgehead atoms. The molecular formula is C15H21NO2. The van der Waals surface area contributed by atoms with Crippen LogP contribution in [0.4, 0.5) is 0 Å². The molecule has 1 aromatic carbocycles. The summed E-state index contributed by atoms with van der Waals surface area (Å²) >= 11 is 0. The minimum Gasteiger partial charge on any atom is -0.347 e. The highest BCUT2D eigenvalue weighted by atomic mass is 16.7. The highest BCUT2D eigenvalue weighted by Gasteiger charge is 2.35. The summed E-state index contributed by atoms with van der Waals surface area (Å²) < 4.78 is 11.7. The fourth-order valence-corrected chi connectivity index (χ4v) is 2.91. The monoisotopic (exact) mass is 247 g/mol. The van der Waals surface area contributed by atoms with E-state index in [9.17, 15) is 0 Å². The maximum atomic E-state index is 5.99. The third-order valence-corrected chi connectivity index (χ3v) is 3.79. The first-order valence-corrected chi connectivity index (χ1v) is 6.80. The molecule has 0 radical (unpaired) electrons. The summed E-state index contributed by atoms with van der Waals surface area (Å²) in [4.78, 5) is 0. The van der Waals surface area contributed by atoms with Gasteiger partial charge in [0.05, 0.1) is 6.61 Å². The number of benzene rings is 1. The van der Waals surface area contributed by atoms with Crippen molar-refractivity contribution in [3.05, 3.63) is 35.4 Å². The molecule has 3 heteroatoms. The van der Waals surface area contributed by atoms with Crippen LogP contribution >= 0.6 is 0 Å². The van der Waals surface area contributed by atoms with Crippen LogP contribution in [-0.2, 0) is 9.47 Å². The third-order valence-electron chi connectivity index (χ3n) is 3.79. The van der Waals surface area contributed by atoms with Crippen LogP contribution < -0.4 is 5.32 Å². The van der Waals surface area contributed by atoms with E-state index in [1.165, 1.54) is 24.0 Å². The van der Waals surface area contributed by atoms with Gasteiger partial charge >= 0.3 is 0 Å². The molecule has 2 aliphatic heterocycles. The zero-order chi connectivity index (χ0) is 12.6. The van der Waals surface area contributed by atoms with Crippen LogP contribution in [0.15, 0.2) is 24.3 Å². The van der Waals surface area contributed by atoms with Crippen molar-refractivity contribution in [3.63, 3.8) is 0 Å². The summed E-state index contributed by atoms with van der Waals surface area (Å²) in [6.07, 6.45) is 2.54. The predicted octanol–water partition coefficient (Wildman–Crippen LogP) is 2.94. The first-order chi connectivity index (χ1) is 8.66. The molecular weight excluding hydrogens is 226 g/mol. The SMILES string of the molecule is CC1(C)OCC(c2ccccc2C2CCCN2)O1. The second-order valence-corrected chi connectivity index (χ2v) is 5.60. The van der Waals surface area contributed by atoms with E-state index < -0.39 is 5.79 Å². The standard InChI is InChI=1S/C15H21NO2/c1-15(2)17-10-14(18-15)12-7-4-3-6-11(12)13-8-5-9-16-13/h3-4,6-7,13-14,16H,5,8-10H2,1-2H3. The van der Waals surface area contributed by atoms with E-state index >= 15 is 0 Å². The molecule has 2 heterocycles. The van der Waals surface area contributed by atoms with Crippen molar-refractivity contribution in [2.45, 2.75) is 44.6 Å². The fraction of sp³-hybridized carbons (Fsp3) is 0.600. The van der Waals surface area contributed by atoms with Crippen LogP contribution in [0.3, 0.4) is 0 Å². The molecule has 3 rings (SSSR count). The van der Waals surface area contributed by atoms with Crippen molar-refractivity contribution in [1.82, 2.24) is 5.32 Å². The van der Waals surface area contributed by atoms with Crippen LogP contribution in [0.1, 0.15) is 50.0 Å². The molecule has 1 N–H and O–H groups in total. The van der Waals surface area contributed by atoms with Crippen molar-refractivity contribution in [3.8, 4) is 0 Å². The maximum Gasteiger partial charge on any atom is 0.163 e. The Bertz CT molecular complexity index is 424. The third kappa shape index (κ3) is 2.30. The van der Waals surface area contributed by atoms with Crippen LogP contribution in [0, 0.1) is 0 Å². The Morgan fingerprint density at radius 2 is 2.00 bits per heavy atom. The van der Waals surface area contributed by atoms with E-state index in [4.69, 9.17) is 9.47 Å². The lowest BCUT2D eigenvalue weighted by Gasteiger charge is -2.21. The quantitative estimate of drug-likeness (QED) is 0.871. The topological polar surface area (TPSA) is 30.5 Å². The van der Waals surface area contributed by atoms with Gasteiger partial charge in [-0.05, 0) is 44.4 Å². The second-order valence-electron chi connectivity index (χ2n) is 5.60. The molecule has 2 atom stereocenters. The van der Waals surface area contributed by atoms with Gasteiger partial charge in [0.1, 0.15) is 6.10 Å². The number of ether oxygens (including phenoxy) is 2. The first kappa shape index (κ1) is 12.2. The van der Waals surface area contributed by atoms with Gasteiger partial charge in [-0.15, -0.1) is 0 Å². The van der Waals surface area contributed by atoms with E-state index in [0.29, 0.717) is 12.6 Å². The number of hydrogen-bond acceptors (Lipinski definition) is 3. The van der Waals surface area contributed by atoms with Crippen molar-refractivity contribution < 1.29 is 9.47 Å². The number of nitrogens with one attached hydrogen (secondary N) is 1. The summed E-state index contributed by atoms with van der Waals surface area (Å²) in [5, 5.41) is 3.56. The predicted molar refractivity (Wildman–Crippen MR) is 70.3 cm³/mol. The lowest BCUT2D eigenvalue weighted by atomic mass is 9.96. The van der Waals surface area contributed by atoms with Crippen LogP contribution in [-0.4, -0.2) is 18.9 Å². The van der Waals surface area contributed by atoms with E-state index in [1.54, 1.807) is 0 Å². The minimum absolute atomic E-state index is 0.0681.